The van der Waals surface area contributed by atoms with Gasteiger partial charge in [-0.15, -0.1) is 0 Å². The van der Waals surface area contributed by atoms with E-state index in [-0.39, 0.29) is 0 Å². The van der Waals surface area contributed by atoms with Gasteiger partial charge in [-0.3, -0.25) is 0 Å². The Balaban J connectivity index is 4.42. The SMILES string of the molecule is C\C=C/C=C\C=C(\CCC)CC(C)/C=C/C=C\C=C/C. The molecule has 0 heteroatoms. The summed E-state index contributed by atoms with van der Waals surface area (Å²) >= 11 is 0. The summed E-state index contributed by atoms with van der Waals surface area (Å²) in [5.41, 5.74) is 1.53. The quantitative estimate of drug-likeness (QED) is 0.416. The van der Waals surface area contributed by atoms with Gasteiger partial charge in [-0.2, -0.15) is 0 Å². The molecule has 110 valence electrons. The summed E-state index contributed by atoms with van der Waals surface area (Å²) in [6, 6.07) is 0. The van der Waals surface area contributed by atoms with E-state index in [0.29, 0.717) is 5.92 Å². The smallest absolute Gasteiger partial charge is 0.0221 e. The van der Waals surface area contributed by atoms with Gasteiger partial charge in [0, 0.05) is 0 Å². The van der Waals surface area contributed by atoms with Gasteiger partial charge in [0.1, 0.15) is 0 Å². The van der Waals surface area contributed by atoms with Gasteiger partial charge in [0.25, 0.3) is 0 Å². The van der Waals surface area contributed by atoms with Crippen LogP contribution in [0.4, 0.5) is 0 Å². The Morgan fingerprint density at radius 3 is 2.05 bits per heavy atom. The standard InChI is InChI=1S/C20H30/c1-5-8-10-12-13-16-19(4)18-20(15-7-3)17-14-11-9-6-2/h5-6,8-14,16-17,19H,7,15,18H2,1-4H3/b8-5-,9-6-,12-10-,14-11-,16-13+,20-17-. The Labute approximate surface area is 126 Å². The van der Waals surface area contributed by atoms with Crippen molar-refractivity contribution in [2.24, 2.45) is 5.92 Å². The zero-order chi connectivity index (χ0) is 15.1. The summed E-state index contributed by atoms with van der Waals surface area (Å²) in [4.78, 5) is 0. The van der Waals surface area contributed by atoms with Crippen molar-refractivity contribution in [3.05, 3.63) is 72.4 Å². The fourth-order valence-corrected chi connectivity index (χ4v) is 1.92. The lowest BCUT2D eigenvalue weighted by Crippen LogP contribution is -1.93. The lowest BCUT2D eigenvalue weighted by atomic mass is 9.97. The van der Waals surface area contributed by atoms with Gasteiger partial charge in [-0.25, -0.2) is 0 Å². The van der Waals surface area contributed by atoms with E-state index in [0.717, 1.165) is 6.42 Å². The van der Waals surface area contributed by atoms with Crippen molar-refractivity contribution in [1.82, 2.24) is 0 Å². The molecule has 0 aromatic heterocycles. The fraction of sp³-hybridized carbons (Fsp3) is 0.400. The Bertz CT molecular complexity index is 386. The highest BCUT2D eigenvalue weighted by Crippen LogP contribution is 2.17. The van der Waals surface area contributed by atoms with Crippen LogP contribution in [-0.2, 0) is 0 Å². The van der Waals surface area contributed by atoms with Gasteiger partial charge in [0.05, 0.1) is 0 Å². The highest BCUT2D eigenvalue weighted by atomic mass is 14.1. The Kier molecular flexibility index (Phi) is 12.8. The van der Waals surface area contributed by atoms with Crippen LogP contribution in [0.1, 0.15) is 47.0 Å². The minimum atomic E-state index is 0.582. The minimum absolute atomic E-state index is 0.582. The predicted octanol–water partition coefficient (Wildman–Crippen LogP) is 6.56. The molecule has 0 saturated carbocycles. The maximum Gasteiger partial charge on any atom is -0.0221 e. The van der Waals surface area contributed by atoms with Gasteiger partial charge in [-0.05, 0) is 32.6 Å². The molecule has 0 aliphatic rings. The van der Waals surface area contributed by atoms with E-state index in [2.05, 4.69) is 62.5 Å². The summed E-state index contributed by atoms with van der Waals surface area (Å²) in [5, 5.41) is 0. The Morgan fingerprint density at radius 2 is 1.45 bits per heavy atom. The molecule has 0 rings (SSSR count). The summed E-state index contributed by atoms with van der Waals surface area (Å²) < 4.78 is 0. The Morgan fingerprint density at radius 1 is 0.850 bits per heavy atom. The van der Waals surface area contributed by atoms with Gasteiger partial charge < -0.3 is 0 Å². The zero-order valence-corrected chi connectivity index (χ0v) is 13.5. The average Bonchev–Trinajstić information content (AvgIpc) is 2.43. The first-order chi connectivity index (χ1) is 9.74. The van der Waals surface area contributed by atoms with Gasteiger partial charge in [0.15, 0.2) is 0 Å². The third-order valence-corrected chi connectivity index (χ3v) is 2.87. The second kappa shape index (κ2) is 13.9. The summed E-state index contributed by atoms with van der Waals surface area (Å²) in [5.74, 6) is 0.582. The first-order valence-corrected chi connectivity index (χ1v) is 7.68. The number of rotatable bonds is 9. The zero-order valence-electron chi connectivity index (χ0n) is 13.5. The molecule has 0 fully saturated rings. The predicted molar refractivity (Wildman–Crippen MR) is 93.8 cm³/mol. The second-order valence-corrected chi connectivity index (χ2v) is 4.96. The number of hydrogen-bond acceptors (Lipinski definition) is 0. The molecule has 0 bridgehead atoms. The van der Waals surface area contributed by atoms with Crippen molar-refractivity contribution in [3.63, 3.8) is 0 Å². The van der Waals surface area contributed by atoms with Crippen molar-refractivity contribution < 1.29 is 0 Å². The van der Waals surface area contributed by atoms with Crippen LogP contribution in [0.15, 0.2) is 72.4 Å². The summed E-state index contributed by atoms with van der Waals surface area (Å²) in [6.07, 6.45) is 26.8. The summed E-state index contributed by atoms with van der Waals surface area (Å²) in [7, 11) is 0. The van der Waals surface area contributed by atoms with Crippen LogP contribution in [0.5, 0.6) is 0 Å². The molecule has 0 aliphatic heterocycles. The van der Waals surface area contributed by atoms with Gasteiger partial charge in [-0.1, -0.05) is 92.7 Å². The number of hydrogen-bond donors (Lipinski definition) is 0. The molecule has 0 saturated heterocycles. The average molecular weight is 270 g/mol. The molecule has 1 atom stereocenters. The maximum absolute atomic E-state index is 2.28. The molecule has 1 unspecified atom stereocenters. The van der Waals surface area contributed by atoms with Crippen LogP contribution < -0.4 is 0 Å². The molecular weight excluding hydrogens is 240 g/mol. The molecule has 0 aromatic rings. The Hall–Kier alpha value is -1.56. The normalized spacial score (nSPS) is 15.7. The third-order valence-electron chi connectivity index (χ3n) is 2.87. The van der Waals surface area contributed by atoms with Crippen LogP contribution in [0.3, 0.4) is 0 Å². The van der Waals surface area contributed by atoms with Crippen LogP contribution in [0.2, 0.25) is 0 Å². The van der Waals surface area contributed by atoms with Crippen molar-refractivity contribution in [3.8, 4) is 0 Å². The van der Waals surface area contributed by atoms with E-state index < -0.39 is 0 Å². The van der Waals surface area contributed by atoms with E-state index in [4.69, 9.17) is 0 Å². The summed E-state index contributed by atoms with van der Waals surface area (Å²) in [6.45, 7) is 8.58. The molecule has 0 amide bonds. The third kappa shape index (κ3) is 11.5. The molecule has 0 spiro atoms. The van der Waals surface area contributed by atoms with Crippen molar-refractivity contribution in [2.45, 2.75) is 47.0 Å². The van der Waals surface area contributed by atoms with Gasteiger partial charge >= 0.3 is 0 Å². The molecular formula is C20H30. The molecule has 0 aliphatic carbocycles. The minimum Gasteiger partial charge on any atom is -0.0877 e. The molecule has 0 radical (unpaired) electrons. The van der Waals surface area contributed by atoms with E-state index in [9.17, 15) is 0 Å². The highest BCUT2D eigenvalue weighted by Gasteiger charge is 2.01. The largest absolute Gasteiger partial charge is 0.0877 e. The highest BCUT2D eigenvalue weighted by molar-refractivity contribution is 5.18. The van der Waals surface area contributed by atoms with Crippen molar-refractivity contribution in [2.75, 3.05) is 0 Å². The topological polar surface area (TPSA) is 0 Å². The van der Waals surface area contributed by atoms with E-state index in [1.807, 2.05) is 32.1 Å². The molecule has 0 N–H and O–H groups in total. The van der Waals surface area contributed by atoms with Crippen LogP contribution in [0.25, 0.3) is 0 Å². The maximum atomic E-state index is 2.28. The van der Waals surface area contributed by atoms with Crippen LogP contribution in [-0.4, -0.2) is 0 Å². The molecule has 20 heavy (non-hydrogen) atoms. The monoisotopic (exact) mass is 270 g/mol. The van der Waals surface area contributed by atoms with E-state index in [1.165, 1.54) is 18.4 Å². The first-order valence-electron chi connectivity index (χ1n) is 7.68. The first kappa shape index (κ1) is 18.4. The lowest BCUT2D eigenvalue weighted by molar-refractivity contribution is 0.683. The van der Waals surface area contributed by atoms with Crippen LogP contribution in [0, 0.1) is 5.92 Å². The second-order valence-electron chi connectivity index (χ2n) is 4.96. The van der Waals surface area contributed by atoms with Crippen LogP contribution >= 0.6 is 0 Å². The van der Waals surface area contributed by atoms with E-state index >= 15 is 0 Å². The van der Waals surface area contributed by atoms with E-state index in [1.54, 1.807) is 0 Å². The van der Waals surface area contributed by atoms with Gasteiger partial charge in [0.2, 0.25) is 0 Å². The van der Waals surface area contributed by atoms with Crippen molar-refractivity contribution >= 4 is 0 Å². The van der Waals surface area contributed by atoms with Crippen molar-refractivity contribution in [1.29, 1.82) is 0 Å². The number of allylic oxidation sites excluding steroid dienone is 12. The molecule has 0 nitrogen and oxygen atoms in total. The molecule has 0 heterocycles. The lowest BCUT2D eigenvalue weighted by Gasteiger charge is -2.09. The fourth-order valence-electron chi connectivity index (χ4n) is 1.92. The molecule has 0 aromatic carbocycles.